The molecule has 0 radical (unpaired) electrons. The molecule has 0 aliphatic heterocycles. The first kappa shape index (κ1) is 15.9. The SMILES string of the molecule is CNC(=O)c1c(NC)ncn1CC(O)Nc1ccc2[nH]ccc2c1. The van der Waals surface area contributed by atoms with E-state index in [2.05, 4.69) is 25.9 Å². The molecule has 0 bridgehead atoms. The summed E-state index contributed by atoms with van der Waals surface area (Å²) in [6.07, 6.45) is 2.52. The van der Waals surface area contributed by atoms with Gasteiger partial charge in [0.05, 0.1) is 12.9 Å². The molecule has 0 spiro atoms. The molecule has 1 atom stereocenters. The second-order valence-electron chi connectivity index (χ2n) is 5.36. The highest BCUT2D eigenvalue weighted by Crippen LogP contribution is 2.19. The zero-order valence-corrected chi connectivity index (χ0v) is 13.5. The van der Waals surface area contributed by atoms with Crippen molar-refractivity contribution in [1.82, 2.24) is 19.9 Å². The fraction of sp³-hybridized carbons (Fsp3) is 0.250. The third-order valence-corrected chi connectivity index (χ3v) is 3.77. The van der Waals surface area contributed by atoms with E-state index in [1.54, 1.807) is 18.7 Å². The van der Waals surface area contributed by atoms with Crippen LogP contribution in [0.3, 0.4) is 0 Å². The zero-order valence-electron chi connectivity index (χ0n) is 13.5. The van der Waals surface area contributed by atoms with Crippen molar-refractivity contribution in [3.63, 3.8) is 0 Å². The van der Waals surface area contributed by atoms with E-state index in [0.29, 0.717) is 11.5 Å². The van der Waals surface area contributed by atoms with Crippen LogP contribution in [0, 0.1) is 0 Å². The van der Waals surface area contributed by atoms with Crippen LogP contribution in [-0.2, 0) is 6.54 Å². The number of hydrogen-bond donors (Lipinski definition) is 5. The molecule has 126 valence electrons. The van der Waals surface area contributed by atoms with E-state index in [1.165, 1.54) is 6.33 Å². The number of amides is 1. The summed E-state index contributed by atoms with van der Waals surface area (Å²) in [5, 5.41) is 19.8. The van der Waals surface area contributed by atoms with Gasteiger partial charge in [-0.05, 0) is 24.3 Å². The van der Waals surface area contributed by atoms with E-state index in [9.17, 15) is 9.90 Å². The molecule has 2 heterocycles. The Morgan fingerprint density at radius 2 is 2.21 bits per heavy atom. The largest absolute Gasteiger partial charge is 0.372 e. The average molecular weight is 328 g/mol. The molecule has 3 rings (SSSR count). The third-order valence-electron chi connectivity index (χ3n) is 3.77. The van der Waals surface area contributed by atoms with E-state index < -0.39 is 6.23 Å². The van der Waals surface area contributed by atoms with E-state index in [4.69, 9.17) is 0 Å². The Morgan fingerprint density at radius 3 is 2.96 bits per heavy atom. The topological polar surface area (TPSA) is 107 Å². The highest BCUT2D eigenvalue weighted by molar-refractivity contribution is 5.97. The van der Waals surface area contributed by atoms with Crippen molar-refractivity contribution in [3.05, 3.63) is 42.5 Å². The molecule has 0 aliphatic rings. The number of hydrogen-bond acceptors (Lipinski definition) is 5. The predicted octanol–water partition coefficient (Wildman–Crippen LogP) is 1.20. The van der Waals surface area contributed by atoms with Crippen molar-refractivity contribution in [2.75, 3.05) is 24.7 Å². The monoisotopic (exact) mass is 328 g/mol. The predicted molar refractivity (Wildman–Crippen MR) is 93.1 cm³/mol. The Kier molecular flexibility index (Phi) is 4.39. The van der Waals surface area contributed by atoms with Gasteiger partial charge in [0, 0.05) is 36.9 Å². The van der Waals surface area contributed by atoms with Gasteiger partial charge in [-0.25, -0.2) is 4.98 Å². The molecule has 5 N–H and O–H groups in total. The molecule has 1 aromatic carbocycles. The molecule has 3 aromatic rings. The molecule has 0 aliphatic carbocycles. The van der Waals surface area contributed by atoms with Crippen molar-refractivity contribution in [1.29, 1.82) is 0 Å². The van der Waals surface area contributed by atoms with Crippen LogP contribution in [0.5, 0.6) is 0 Å². The van der Waals surface area contributed by atoms with Gasteiger partial charge in [-0.3, -0.25) is 4.79 Å². The number of anilines is 2. The second-order valence-corrected chi connectivity index (χ2v) is 5.36. The first-order valence-electron chi connectivity index (χ1n) is 7.59. The number of carbonyl (C=O) groups is 1. The number of rotatable bonds is 6. The summed E-state index contributed by atoms with van der Waals surface area (Å²) in [6.45, 7) is 0.183. The summed E-state index contributed by atoms with van der Waals surface area (Å²) < 4.78 is 1.61. The number of imidazole rings is 1. The van der Waals surface area contributed by atoms with Crippen molar-refractivity contribution in [3.8, 4) is 0 Å². The van der Waals surface area contributed by atoms with Crippen LogP contribution in [0.4, 0.5) is 11.5 Å². The lowest BCUT2D eigenvalue weighted by Crippen LogP contribution is -2.29. The van der Waals surface area contributed by atoms with Crippen molar-refractivity contribution in [2.24, 2.45) is 0 Å². The third kappa shape index (κ3) is 3.04. The van der Waals surface area contributed by atoms with Gasteiger partial charge in [-0.1, -0.05) is 0 Å². The Hall–Kier alpha value is -3.00. The quantitative estimate of drug-likeness (QED) is 0.437. The van der Waals surface area contributed by atoms with E-state index in [1.807, 2.05) is 30.5 Å². The Balaban J connectivity index is 1.75. The molecule has 0 saturated heterocycles. The van der Waals surface area contributed by atoms with Gasteiger partial charge < -0.3 is 30.6 Å². The summed E-state index contributed by atoms with van der Waals surface area (Å²) in [6, 6.07) is 7.73. The van der Waals surface area contributed by atoms with E-state index in [0.717, 1.165) is 16.6 Å². The van der Waals surface area contributed by atoms with E-state index >= 15 is 0 Å². The number of aromatic nitrogens is 3. The molecular formula is C16H20N6O2. The molecule has 8 heteroatoms. The maximum Gasteiger partial charge on any atom is 0.271 e. The highest BCUT2D eigenvalue weighted by atomic mass is 16.3. The molecule has 0 saturated carbocycles. The second kappa shape index (κ2) is 6.63. The fourth-order valence-corrected chi connectivity index (χ4v) is 2.63. The number of aromatic amines is 1. The molecule has 0 fully saturated rings. The number of nitrogens with zero attached hydrogens (tertiary/aromatic N) is 2. The lowest BCUT2D eigenvalue weighted by Gasteiger charge is -2.16. The van der Waals surface area contributed by atoms with Gasteiger partial charge in [0.15, 0.2) is 11.5 Å². The minimum Gasteiger partial charge on any atom is -0.372 e. The summed E-state index contributed by atoms with van der Waals surface area (Å²) in [7, 11) is 3.25. The van der Waals surface area contributed by atoms with Crippen molar-refractivity contribution >= 4 is 28.3 Å². The van der Waals surface area contributed by atoms with Gasteiger partial charge in [-0.2, -0.15) is 0 Å². The van der Waals surface area contributed by atoms with Crippen molar-refractivity contribution in [2.45, 2.75) is 12.8 Å². The Labute approximate surface area is 138 Å². The molecular weight excluding hydrogens is 308 g/mol. The Bertz CT molecular complexity index is 853. The molecule has 24 heavy (non-hydrogen) atoms. The summed E-state index contributed by atoms with van der Waals surface area (Å²) in [5.41, 5.74) is 2.21. The molecule has 2 aromatic heterocycles. The maximum atomic E-state index is 12.0. The van der Waals surface area contributed by atoms with Crippen LogP contribution in [-0.4, -0.2) is 45.9 Å². The van der Waals surface area contributed by atoms with Gasteiger partial charge in [0.25, 0.3) is 5.91 Å². The lowest BCUT2D eigenvalue weighted by molar-refractivity contribution is 0.0950. The maximum absolute atomic E-state index is 12.0. The lowest BCUT2D eigenvalue weighted by atomic mass is 10.2. The number of carbonyl (C=O) groups excluding carboxylic acids is 1. The summed E-state index contributed by atoms with van der Waals surface area (Å²) in [4.78, 5) is 19.3. The summed E-state index contributed by atoms with van der Waals surface area (Å²) >= 11 is 0. The molecule has 1 unspecified atom stereocenters. The van der Waals surface area contributed by atoms with Crippen LogP contribution in [0.25, 0.3) is 10.9 Å². The van der Waals surface area contributed by atoms with Gasteiger partial charge in [-0.15, -0.1) is 0 Å². The minimum atomic E-state index is -0.872. The van der Waals surface area contributed by atoms with Crippen LogP contribution < -0.4 is 16.0 Å². The standard InChI is InChI=1S/C16H20N6O2/c1-17-15-14(16(24)18-2)22(9-20-15)8-13(23)21-11-3-4-12-10(7-11)5-6-19-12/h3-7,9,13,17,19,21,23H,8H2,1-2H3,(H,18,24). The van der Waals surface area contributed by atoms with Gasteiger partial charge in [0.1, 0.15) is 6.23 Å². The first-order valence-corrected chi connectivity index (χ1v) is 7.59. The zero-order chi connectivity index (χ0) is 17.1. The fourth-order valence-electron chi connectivity index (χ4n) is 2.63. The molecule has 1 amide bonds. The van der Waals surface area contributed by atoms with Gasteiger partial charge >= 0.3 is 0 Å². The number of nitrogens with one attached hydrogen (secondary N) is 4. The van der Waals surface area contributed by atoms with Crippen LogP contribution in [0.15, 0.2) is 36.8 Å². The van der Waals surface area contributed by atoms with Gasteiger partial charge in [0.2, 0.25) is 0 Å². The van der Waals surface area contributed by atoms with Crippen LogP contribution in [0.2, 0.25) is 0 Å². The number of aliphatic hydroxyl groups excluding tert-OH is 1. The average Bonchev–Trinajstić information content (AvgIpc) is 3.20. The van der Waals surface area contributed by atoms with Crippen LogP contribution >= 0.6 is 0 Å². The number of H-pyrrole nitrogens is 1. The highest BCUT2D eigenvalue weighted by Gasteiger charge is 2.18. The minimum absolute atomic E-state index is 0.183. The number of aliphatic hydroxyl groups is 1. The number of benzene rings is 1. The molecule has 8 nitrogen and oxygen atoms in total. The van der Waals surface area contributed by atoms with Crippen LogP contribution in [0.1, 0.15) is 10.5 Å². The smallest absolute Gasteiger partial charge is 0.271 e. The normalized spacial score (nSPS) is 12.1. The number of fused-ring (bicyclic) bond motifs is 1. The van der Waals surface area contributed by atoms with E-state index in [-0.39, 0.29) is 12.5 Å². The van der Waals surface area contributed by atoms with Crippen molar-refractivity contribution < 1.29 is 9.90 Å². The Morgan fingerprint density at radius 1 is 1.38 bits per heavy atom. The first-order chi connectivity index (χ1) is 11.6. The summed E-state index contributed by atoms with van der Waals surface area (Å²) in [5.74, 6) is 0.202.